The molecule has 2 rings (SSSR count). The van der Waals surface area contributed by atoms with Gasteiger partial charge >= 0.3 is 0 Å². The molecule has 0 spiro atoms. The summed E-state index contributed by atoms with van der Waals surface area (Å²) < 4.78 is 0. The van der Waals surface area contributed by atoms with Gasteiger partial charge in [-0.3, -0.25) is 4.90 Å². The quantitative estimate of drug-likeness (QED) is 0.438. The van der Waals surface area contributed by atoms with Crippen LogP contribution in [-0.4, -0.2) is 24.5 Å². The minimum absolute atomic E-state index is 0.896. The second-order valence-corrected chi connectivity index (χ2v) is 3.09. The van der Waals surface area contributed by atoms with Crippen LogP contribution in [0.1, 0.15) is 12.8 Å². The molecule has 2 aliphatic rings. The molecule has 0 aromatic carbocycles. The van der Waals surface area contributed by atoms with E-state index in [0.29, 0.717) is 0 Å². The highest BCUT2D eigenvalue weighted by molar-refractivity contribution is 4.98. The Bertz CT molecular complexity index is 129. The van der Waals surface area contributed by atoms with Crippen molar-refractivity contribution in [2.24, 2.45) is 5.92 Å². The minimum Gasteiger partial charge on any atom is -0.299 e. The van der Waals surface area contributed by atoms with Crippen molar-refractivity contribution in [3.8, 4) is 0 Å². The predicted molar refractivity (Wildman–Crippen MR) is 38.3 cm³/mol. The van der Waals surface area contributed by atoms with Crippen molar-refractivity contribution in [3.63, 3.8) is 0 Å². The molecule has 9 heavy (non-hydrogen) atoms. The molecule has 1 saturated heterocycles. The second-order valence-electron chi connectivity index (χ2n) is 3.09. The van der Waals surface area contributed by atoms with Crippen LogP contribution in [0.4, 0.5) is 0 Å². The second kappa shape index (κ2) is 2.14. The molecule has 0 radical (unpaired) electrons. The highest BCUT2D eigenvalue weighted by Crippen LogP contribution is 2.20. The minimum atomic E-state index is 0.896. The van der Waals surface area contributed by atoms with Crippen molar-refractivity contribution < 1.29 is 0 Å². The third-order valence-electron chi connectivity index (χ3n) is 2.31. The Morgan fingerprint density at radius 3 is 3.22 bits per heavy atom. The Balaban J connectivity index is 2.09. The molecule has 0 N–H and O–H groups in total. The molecule has 2 atom stereocenters. The fourth-order valence-electron chi connectivity index (χ4n) is 1.82. The monoisotopic (exact) mass is 123 g/mol. The van der Waals surface area contributed by atoms with Crippen LogP contribution in [0.15, 0.2) is 12.2 Å². The van der Waals surface area contributed by atoms with Crippen LogP contribution in [0, 0.1) is 5.92 Å². The van der Waals surface area contributed by atoms with Gasteiger partial charge in [-0.2, -0.15) is 0 Å². The van der Waals surface area contributed by atoms with Crippen molar-refractivity contribution in [2.45, 2.75) is 12.8 Å². The zero-order valence-electron chi connectivity index (χ0n) is 5.71. The zero-order valence-corrected chi connectivity index (χ0v) is 5.71. The SMILES string of the molecule is C1=CC2CCCN(C1)C2. The summed E-state index contributed by atoms with van der Waals surface area (Å²) in [6.45, 7) is 3.87. The lowest BCUT2D eigenvalue weighted by atomic mass is 9.95. The summed E-state index contributed by atoms with van der Waals surface area (Å²) in [5.74, 6) is 0.896. The lowest BCUT2D eigenvalue weighted by Crippen LogP contribution is -2.37. The Morgan fingerprint density at radius 1 is 1.44 bits per heavy atom. The molecule has 0 amide bonds. The van der Waals surface area contributed by atoms with Crippen LogP contribution < -0.4 is 0 Å². The van der Waals surface area contributed by atoms with E-state index in [1.807, 2.05) is 0 Å². The zero-order chi connectivity index (χ0) is 6.10. The van der Waals surface area contributed by atoms with Crippen LogP contribution in [0.2, 0.25) is 0 Å². The Labute approximate surface area is 56.4 Å². The molecular weight excluding hydrogens is 110 g/mol. The highest BCUT2D eigenvalue weighted by atomic mass is 15.1. The van der Waals surface area contributed by atoms with Crippen molar-refractivity contribution in [1.29, 1.82) is 0 Å². The Kier molecular flexibility index (Phi) is 1.31. The number of hydrogen-bond acceptors (Lipinski definition) is 1. The third-order valence-corrected chi connectivity index (χ3v) is 2.31. The van der Waals surface area contributed by atoms with E-state index in [2.05, 4.69) is 17.1 Å². The van der Waals surface area contributed by atoms with Crippen molar-refractivity contribution in [3.05, 3.63) is 12.2 Å². The summed E-state index contributed by atoms with van der Waals surface area (Å²) in [4.78, 5) is 2.54. The maximum absolute atomic E-state index is 2.54. The van der Waals surface area contributed by atoms with Crippen LogP contribution in [0.3, 0.4) is 0 Å². The van der Waals surface area contributed by atoms with Gasteiger partial charge < -0.3 is 0 Å². The first kappa shape index (κ1) is 5.48. The van der Waals surface area contributed by atoms with Crippen LogP contribution >= 0.6 is 0 Å². The van der Waals surface area contributed by atoms with Gasteiger partial charge in [-0.25, -0.2) is 0 Å². The predicted octanol–water partition coefficient (Wildman–Crippen LogP) is 1.27. The van der Waals surface area contributed by atoms with Gasteiger partial charge in [0.1, 0.15) is 0 Å². The highest BCUT2D eigenvalue weighted by Gasteiger charge is 2.19. The first-order valence-corrected chi connectivity index (χ1v) is 3.84. The standard InChI is InChI=1S/C8H13N/c1-3-8-4-2-6-9(5-1)7-8/h1,3,8H,2,4-7H2. The summed E-state index contributed by atoms with van der Waals surface area (Å²) in [5.41, 5.74) is 0. The lowest BCUT2D eigenvalue weighted by molar-refractivity contribution is 0.203. The maximum Gasteiger partial charge on any atom is 0.0163 e. The normalized spacial score (nSPS) is 40.9. The van der Waals surface area contributed by atoms with Gasteiger partial charge in [-0.1, -0.05) is 12.2 Å². The molecule has 50 valence electrons. The number of piperidine rings is 1. The van der Waals surface area contributed by atoms with Crippen molar-refractivity contribution >= 4 is 0 Å². The fraction of sp³-hybridized carbons (Fsp3) is 0.750. The fourth-order valence-corrected chi connectivity index (χ4v) is 1.82. The average Bonchev–Trinajstić information content (AvgIpc) is 1.88. The van der Waals surface area contributed by atoms with Crippen molar-refractivity contribution in [2.75, 3.05) is 19.6 Å². The number of nitrogens with zero attached hydrogens (tertiary/aromatic N) is 1. The summed E-state index contributed by atoms with van der Waals surface area (Å²) in [6, 6.07) is 0. The van der Waals surface area contributed by atoms with E-state index in [9.17, 15) is 0 Å². The van der Waals surface area contributed by atoms with E-state index in [0.717, 1.165) is 5.92 Å². The molecule has 2 bridgehead atoms. The smallest absolute Gasteiger partial charge is 0.0163 e. The van der Waals surface area contributed by atoms with E-state index < -0.39 is 0 Å². The van der Waals surface area contributed by atoms with Gasteiger partial charge in [0.2, 0.25) is 0 Å². The van der Waals surface area contributed by atoms with E-state index in [1.54, 1.807) is 0 Å². The first-order chi connectivity index (χ1) is 4.45. The third kappa shape index (κ3) is 1.01. The molecule has 0 aliphatic carbocycles. The van der Waals surface area contributed by atoms with Gasteiger partial charge in [0.25, 0.3) is 0 Å². The maximum atomic E-state index is 2.54. The summed E-state index contributed by atoms with van der Waals surface area (Å²) in [5, 5.41) is 0. The molecule has 2 unspecified atom stereocenters. The van der Waals surface area contributed by atoms with Gasteiger partial charge in [0.15, 0.2) is 0 Å². The molecule has 1 nitrogen and oxygen atoms in total. The molecule has 0 aromatic heterocycles. The summed E-state index contributed by atoms with van der Waals surface area (Å²) in [7, 11) is 0. The van der Waals surface area contributed by atoms with Crippen LogP contribution in [0.25, 0.3) is 0 Å². The van der Waals surface area contributed by atoms with E-state index in [1.165, 1.54) is 32.5 Å². The molecule has 0 saturated carbocycles. The largest absolute Gasteiger partial charge is 0.299 e. The Hall–Kier alpha value is -0.300. The average molecular weight is 123 g/mol. The number of rotatable bonds is 0. The van der Waals surface area contributed by atoms with Crippen LogP contribution in [-0.2, 0) is 0 Å². The number of hydrogen-bond donors (Lipinski definition) is 0. The molecule has 1 fully saturated rings. The van der Waals surface area contributed by atoms with E-state index in [4.69, 9.17) is 0 Å². The lowest BCUT2D eigenvalue weighted by Gasteiger charge is -2.33. The van der Waals surface area contributed by atoms with E-state index in [-0.39, 0.29) is 0 Å². The molecule has 0 aromatic rings. The molecule has 2 aliphatic heterocycles. The summed E-state index contributed by atoms with van der Waals surface area (Å²) in [6.07, 6.45) is 7.53. The van der Waals surface area contributed by atoms with Gasteiger partial charge in [0.05, 0.1) is 0 Å². The van der Waals surface area contributed by atoms with Crippen LogP contribution in [0.5, 0.6) is 0 Å². The van der Waals surface area contributed by atoms with Gasteiger partial charge in [0, 0.05) is 13.1 Å². The Morgan fingerprint density at radius 2 is 2.44 bits per heavy atom. The van der Waals surface area contributed by atoms with Crippen molar-refractivity contribution in [1.82, 2.24) is 4.90 Å². The topological polar surface area (TPSA) is 3.24 Å². The first-order valence-electron chi connectivity index (χ1n) is 3.84. The number of fused-ring (bicyclic) bond motifs is 2. The van der Waals surface area contributed by atoms with Gasteiger partial charge in [-0.05, 0) is 25.3 Å². The molecular formula is C8H13N. The molecule has 2 heterocycles. The van der Waals surface area contributed by atoms with E-state index >= 15 is 0 Å². The molecule has 1 heteroatoms. The van der Waals surface area contributed by atoms with Gasteiger partial charge in [-0.15, -0.1) is 0 Å². The summed E-state index contributed by atoms with van der Waals surface area (Å²) >= 11 is 0.